The zero-order chi connectivity index (χ0) is 24.0. The summed E-state index contributed by atoms with van der Waals surface area (Å²) in [4.78, 5) is 16.4. The Balaban J connectivity index is 1.95. The zero-order valence-electron chi connectivity index (χ0n) is 17.4. The second kappa shape index (κ2) is 8.77. The first-order valence-corrected chi connectivity index (χ1v) is 11.7. The van der Waals surface area contributed by atoms with E-state index in [1.54, 1.807) is 55.5 Å². The van der Waals surface area contributed by atoms with Crippen LogP contribution in [0, 0.1) is 0 Å². The predicted octanol–water partition coefficient (Wildman–Crippen LogP) is 7.30. The number of carbonyl (C=O) groups is 1. The number of hydrogen-bond acceptors (Lipinski definition) is 2. The van der Waals surface area contributed by atoms with Crippen molar-refractivity contribution in [3.05, 3.63) is 92.9 Å². The Morgan fingerprint density at radius 2 is 1.48 bits per heavy atom. The highest BCUT2D eigenvalue weighted by molar-refractivity contribution is 9.10. The molecule has 4 nitrogen and oxygen atoms in total. The third kappa shape index (κ3) is 4.18. The van der Waals surface area contributed by atoms with Crippen molar-refractivity contribution in [3.8, 4) is 0 Å². The summed E-state index contributed by atoms with van der Waals surface area (Å²) in [6.07, 6.45) is -4.30. The van der Waals surface area contributed by atoms with E-state index in [0.717, 1.165) is 21.1 Å². The summed E-state index contributed by atoms with van der Waals surface area (Å²) < 4.78 is 42.1. The van der Waals surface area contributed by atoms with Gasteiger partial charge in [0.2, 0.25) is 0 Å². The molecule has 9 heteroatoms. The Morgan fingerprint density at radius 1 is 0.939 bits per heavy atom. The highest BCUT2D eigenvalue weighted by atomic mass is 79.9. The molecule has 1 aliphatic rings. The lowest BCUT2D eigenvalue weighted by atomic mass is 9.90. The number of rotatable bonds is 4. The molecule has 2 amide bonds. The Hall–Kier alpha value is -2.36. The van der Waals surface area contributed by atoms with Crippen molar-refractivity contribution in [1.29, 1.82) is 0 Å². The van der Waals surface area contributed by atoms with Crippen LogP contribution in [0.25, 0.3) is 0 Å². The van der Waals surface area contributed by atoms with Crippen LogP contribution in [0.15, 0.2) is 81.7 Å². The molecule has 0 aliphatic carbocycles. The van der Waals surface area contributed by atoms with Crippen molar-refractivity contribution in [2.45, 2.75) is 31.3 Å². The van der Waals surface area contributed by atoms with Crippen molar-refractivity contribution >= 4 is 49.3 Å². The first kappa shape index (κ1) is 23.8. The summed E-state index contributed by atoms with van der Waals surface area (Å²) in [5, 5.41) is 12.1. The quantitative estimate of drug-likeness (QED) is 0.350. The van der Waals surface area contributed by atoms with Crippen molar-refractivity contribution < 1.29 is 23.1 Å². The van der Waals surface area contributed by atoms with Crippen LogP contribution in [0.4, 0.5) is 29.3 Å². The summed E-state index contributed by atoms with van der Waals surface area (Å²) in [6.45, 7) is 1.79. The van der Waals surface area contributed by atoms with Crippen molar-refractivity contribution in [3.63, 3.8) is 0 Å². The molecule has 1 aliphatic heterocycles. The average Bonchev–Trinajstić information content (AvgIpc) is 3.01. The number of carbonyl (C=O) groups excluding carboxylic acids is 1. The Morgan fingerprint density at radius 3 is 2.00 bits per heavy atom. The fourth-order valence-electron chi connectivity index (χ4n) is 4.22. The van der Waals surface area contributed by atoms with Gasteiger partial charge in [0.25, 0.3) is 0 Å². The van der Waals surface area contributed by atoms with Gasteiger partial charge >= 0.3 is 12.2 Å². The van der Waals surface area contributed by atoms with Gasteiger partial charge in [-0.3, -0.25) is 9.80 Å². The van der Waals surface area contributed by atoms with E-state index in [2.05, 4.69) is 31.9 Å². The lowest BCUT2D eigenvalue weighted by Crippen LogP contribution is -2.49. The van der Waals surface area contributed by atoms with Crippen LogP contribution in [0.2, 0.25) is 0 Å². The van der Waals surface area contributed by atoms with E-state index in [1.807, 2.05) is 0 Å². The van der Waals surface area contributed by atoms with Crippen LogP contribution in [-0.4, -0.2) is 17.2 Å². The number of nitrogens with zero attached hydrogens (tertiary/aromatic N) is 2. The second-order valence-corrected chi connectivity index (χ2v) is 9.50. The molecule has 0 saturated carbocycles. The van der Waals surface area contributed by atoms with Gasteiger partial charge in [-0.25, -0.2) is 4.79 Å². The summed E-state index contributed by atoms with van der Waals surface area (Å²) in [5.41, 5.74) is -2.07. The molecule has 0 bridgehead atoms. The molecule has 33 heavy (non-hydrogen) atoms. The van der Waals surface area contributed by atoms with E-state index in [1.165, 1.54) is 21.9 Å². The summed E-state index contributed by atoms with van der Waals surface area (Å²) >= 11 is 6.72. The van der Waals surface area contributed by atoms with Gasteiger partial charge in [0, 0.05) is 25.9 Å². The number of alkyl halides is 3. The normalized spacial score (nSPS) is 21.1. The van der Waals surface area contributed by atoms with E-state index in [9.17, 15) is 23.1 Å². The Kier molecular flexibility index (Phi) is 6.32. The van der Waals surface area contributed by atoms with Crippen LogP contribution < -0.4 is 9.80 Å². The number of urea groups is 1. The maximum atomic E-state index is 13.8. The molecule has 3 aromatic carbocycles. The van der Waals surface area contributed by atoms with Crippen molar-refractivity contribution in [2.75, 3.05) is 9.80 Å². The molecule has 0 spiro atoms. The smallest absolute Gasteiger partial charge is 0.365 e. The molecule has 1 N–H and O–H groups in total. The zero-order valence-corrected chi connectivity index (χ0v) is 20.5. The van der Waals surface area contributed by atoms with E-state index < -0.39 is 29.5 Å². The number of hydrogen-bond donors (Lipinski definition) is 1. The highest BCUT2D eigenvalue weighted by Gasteiger charge is 2.58. The topological polar surface area (TPSA) is 43.8 Å². The standard InChI is InChI=1S/C24H19Br2F3N2O2/c1-2-21-23(33,15-4-3-5-16(14-15)24(27,28)29)31(20-12-8-18(26)9-13-20)22(32)30(21)19-10-6-17(25)7-11-19/h3-14,21,33H,2H2,1H3. The van der Waals surface area contributed by atoms with Gasteiger partial charge in [-0.05, 0) is 67.1 Å². The summed E-state index contributed by atoms with van der Waals surface area (Å²) in [5.74, 6) is 0. The molecule has 4 rings (SSSR count). The van der Waals surface area contributed by atoms with Crippen LogP contribution in [-0.2, 0) is 11.9 Å². The van der Waals surface area contributed by atoms with Gasteiger partial charge in [-0.1, -0.05) is 50.9 Å². The molecule has 2 atom stereocenters. The Labute approximate surface area is 205 Å². The van der Waals surface area contributed by atoms with E-state index in [-0.39, 0.29) is 5.56 Å². The number of benzene rings is 3. The minimum absolute atomic E-state index is 0.0138. The largest absolute Gasteiger partial charge is 0.416 e. The van der Waals surface area contributed by atoms with Crippen LogP contribution in [0.5, 0.6) is 0 Å². The summed E-state index contributed by atoms with van der Waals surface area (Å²) in [7, 11) is 0. The molecular formula is C24H19Br2F3N2O2. The average molecular weight is 584 g/mol. The van der Waals surface area contributed by atoms with Gasteiger partial charge in [0.15, 0.2) is 5.72 Å². The van der Waals surface area contributed by atoms with E-state index in [4.69, 9.17) is 0 Å². The molecule has 0 aromatic heterocycles. The molecule has 2 unspecified atom stereocenters. The minimum Gasteiger partial charge on any atom is -0.365 e. The third-order valence-electron chi connectivity index (χ3n) is 5.71. The molecule has 0 radical (unpaired) electrons. The SMILES string of the molecule is CCC1N(c2ccc(Br)cc2)C(=O)N(c2ccc(Br)cc2)C1(O)c1cccc(C(F)(F)F)c1. The van der Waals surface area contributed by atoms with Gasteiger partial charge in [0.1, 0.15) is 0 Å². The maximum Gasteiger partial charge on any atom is 0.416 e. The highest BCUT2D eigenvalue weighted by Crippen LogP contribution is 2.46. The predicted molar refractivity (Wildman–Crippen MR) is 128 cm³/mol. The molecule has 1 saturated heterocycles. The molecule has 1 fully saturated rings. The maximum absolute atomic E-state index is 13.8. The number of halogens is 5. The lowest BCUT2D eigenvalue weighted by Gasteiger charge is -2.37. The minimum atomic E-state index is -4.59. The van der Waals surface area contributed by atoms with Crippen LogP contribution in [0.1, 0.15) is 24.5 Å². The van der Waals surface area contributed by atoms with Gasteiger partial charge in [-0.2, -0.15) is 13.2 Å². The first-order valence-electron chi connectivity index (χ1n) is 10.1. The monoisotopic (exact) mass is 582 g/mol. The third-order valence-corrected chi connectivity index (χ3v) is 6.76. The van der Waals surface area contributed by atoms with Crippen molar-refractivity contribution in [2.24, 2.45) is 0 Å². The Bertz CT molecular complexity index is 1170. The van der Waals surface area contributed by atoms with Gasteiger partial charge in [0.05, 0.1) is 11.6 Å². The summed E-state index contributed by atoms with van der Waals surface area (Å²) in [6, 6.07) is 16.8. The molecular weight excluding hydrogens is 565 g/mol. The fraction of sp³-hybridized carbons (Fsp3) is 0.208. The second-order valence-electron chi connectivity index (χ2n) is 7.67. The lowest BCUT2D eigenvalue weighted by molar-refractivity contribution is -0.137. The molecule has 3 aromatic rings. The van der Waals surface area contributed by atoms with E-state index in [0.29, 0.717) is 17.8 Å². The number of anilines is 2. The van der Waals surface area contributed by atoms with E-state index >= 15 is 0 Å². The van der Waals surface area contributed by atoms with Gasteiger partial charge in [-0.15, -0.1) is 0 Å². The van der Waals surface area contributed by atoms with Gasteiger partial charge < -0.3 is 5.11 Å². The van der Waals surface area contributed by atoms with Crippen LogP contribution in [0.3, 0.4) is 0 Å². The molecule has 172 valence electrons. The fourth-order valence-corrected chi connectivity index (χ4v) is 4.75. The number of amides is 2. The first-order chi connectivity index (χ1) is 15.6. The van der Waals surface area contributed by atoms with Crippen molar-refractivity contribution in [1.82, 2.24) is 0 Å². The van der Waals surface area contributed by atoms with Crippen LogP contribution >= 0.6 is 31.9 Å². The number of aliphatic hydroxyl groups is 1. The molecule has 1 heterocycles.